The minimum absolute atomic E-state index is 0.0780. The molecule has 150 valence electrons. The van der Waals surface area contributed by atoms with E-state index in [4.69, 9.17) is 9.47 Å². The van der Waals surface area contributed by atoms with Crippen molar-refractivity contribution in [1.82, 2.24) is 0 Å². The van der Waals surface area contributed by atoms with Gasteiger partial charge in [0.25, 0.3) is 0 Å². The van der Waals surface area contributed by atoms with E-state index in [0.29, 0.717) is 18.8 Å². The van der Waals surface area contributed by atoms with Crippen LogP contribution in [0.3, 0.4) is 0 Å². The van der Waals surface area contributed by atoms with Gasteiger partial charge in [0.05, 0.1) is 18.6 Å². The van der Waals surface area contributed by atoms with Gasteiger partial charge in [-0.1, -0.05) is 46.5 Å². The number of aliphatic hydroxyl groups is 2. The Kier molecular flexibility index (Phi) is 15.2. The molecule has 0 heterocycles. The van der Waals surface area contributed by atoms with Crippen LogP contribution in [0.25, 0.3) is 0 Å². The number of carbonyl (C=O) groups is 1. The Balaban J connectivity index is 3.66. The van der Waals surface area contributed by atoms with Crippen molar-refractivity contribution in [2.75, 3.05) is 33.0 Å². The standard InChI is InChI=1S/C20H40O5/c1-4-7-11-18(5-2)14-24-13-10-8-9-12-19(23)25-17-20(6-3,15-21)16-22/h18,21-22H,4-17H2,1-3H3. The van der Waals surface area contributed by atoms with Gasteiger partial charge < -0.3 is 19.7 Å². The van der Waals surface area contributed by atoms with E-state index in [1.807, 2.05) is 6.92 Å². The normalized spacial score (nSPS) is 13.0. The molecule has 5 heteroatoms. The van der Waals surface area contributed by atoms with Crippen molar-refractivity contribution in [3.05, 3.63) is 0 Å². The van der Waals surface area contributed by atoms with Crippen molar-refractivity contribution in [2.24, 2.45) is 11.3 Å². The summed E-state index contributed by atoms with van der Waals surface area (Å²) >= 11 is 0. The molecular weight excluding hydrogens is 320 g/mol. The van der Waals surface area contributed by atoms with Crippen molar-refractivity contribution in [3.8, 4) is 0 Å². The molecule has 0 fully saturated rings. The number of esters is 1. The smallest absolute Gasteiger partial charge is 0.305 e. The van der Waals surface area contributed by atoms with E-state index in [1.165, 1.54) is 25.7 Å². The number of hydrogen-bond acceptors (Lipinski definition) is 5. The van der Waals surface area contributed by atoms with Crippen LogP contribution in [0, 0.1) is 11.3 Å². The molecule has 0 saturated heterocycles. The van der Waals surface area contributed by atoms with Gasteiger partial charge in [0, 0.05) is 19.6 Å². The van der Waals surface area contributed by atoms with E-state index in [0.717, 1.165) is 32.5 Å². The second-order valence-corrected chi connectivity index (χ2v) is 7.13. The molecule has 25 heavy (non-hydrogen) atoms. The first-order valence-electron chi connectivity index (χ1n) is 10.0. The van der Waals surface area contributed by atoms with Crippen LogP contribution < -0.4 is 0 Å². The lowest BCUT2D eigenvalue weighted by atomic mass is 9.88. The van der Waals surface area contributed by atoms with E-state index in [1.54, 1.807) is 0 Å². The van der Waals surface area contributed by atoms with Crippen molar-refractivity contribution >= 4 is 5.97 Å². The first-order chi connectivity index (χ1) is 12.1. The zero-order chi connectivity index (χ0) is 19.0. The predicted molar refractivity (Wildman–Crippen MR) is 100 cm³/mol. The van der Waals surface area contributed by atoms with E-state index in [-0.39, 0.29) is 25.8 Å². The molecule has 0 spiro atoms. The summed E-state index contributed by atoms with van der Waals surface area (Å²) in [6.45, 7) is 7.62. The molecular formula is C20H40O5. The maximum absolute atomic E-state index is 11.7. The van der Waals surface area contributed by atoms with Gasteiger partial charge >= 0.3 is 5.97 Å². The number of rotatable bonds is 17. The van der Waals surface area contributed by atoms with Crippen molar-refractivity contribution in [1.29, 1.82) is 0 Å². The maximum atomic E-state index is 11.7. The second kappa shape index (κ2) is 15.6. The average molecular weight is 361 g/mol. The van der Waals surface area contributed by atoms with Crippen LogP contribution >= 0.6 is 0 Å². The summed E-state index contributed by atoms with van der Waals surface area (Å²) in [4.78, 5) is 11.7. The van der Waals surface area contributed by atoms with Crippen LogP contribution in [-0.4, -0.2) is 49.2 Å². The highest BCUT2D eigenvalue weighted by Crippen LogP contribution is 2.21. The molecule has 5 nitrogen and oxygen atoms in total. The third-order valence-corrected chi connectivity index (χ3v) is 5.03. The molecule has 1 unspecified atom stereocenters. The fourth-order valence-electron chi connectivity index (χ4n) is 2.57. The van der Waals surface area contributed by atoms with Gasteiger partial charge in [-0.25, -0.2) is 0 Å². The zero-order valence-corrected chi connectivity index (χ0v) is 16.6. The highest BCUT2D eigenvalue weighted by Gasteiger charge is 2.28. The third-order valence-electron chi connectivity index (χ3n) is 5.03. The van der Waals surface area contributed by atoms with Crippen LogP contribution in [0.5, 0.6) is 0 Å². The van der Waals surface area contributed by atoms with Crippen LogP contribution in [0.15, 0.2) is 0 Å². The zero-order valence-electron chi connectivity index (χ0n) is 16.6. The lowest BCUT2D eigenvalue weighted by Gasteiger charge is -2.27. The van der Waals surface area contributed by atoms with Gasteiger partial charge in [-0.15, -0.1) is 0 Å². The van der Waals surface area contributed by atoms with E-state index < -0.39 is 5.41 Å². The van der Waals surface area contributed by atoms with Crippen molar-refractivity contribution in [2.45, 2.75) is 78.6 Å². The molecule has 0 aliphatic heterocycles. The molecule has 0 aromatic rings. The monoisotopic (exact) mass is 360 g/mol. The van der Waals surface area contributed by atoms with Gasteiger partial charge in [-0.2, -0.15) is 0 Å². The van der Waals surface area contributed by atoms with Crippen molar-refractivity contribution < 1.29 is 24.5 Å². The Bertz CT molecular complexity index is 307. The number of aliphatic hydroxyl groups excluding tert-OH is 2. The average Bonchev–Trinajstić information content (AvgIpc) is 2.65. The van der Waals surface area contributed by atoms with Gasteiger partial charge in [-0.3, -0.25) is 4.79 Å². The molecule has 0 aliphatic carbocycles. The minimum atomic E-state index is -0.711. The summed E-state index contributed by atoms with van der Waals surface area (Å²) in [6.07, 6.45) is 8.58. The van der Waals surface area contributed by atoms with Crippen molar-refractivity contribution in [3.63, 3.8) is 0 Å². The fraction of sp³-hybridized carbons (Fsp3) is 0.950. The molecule has 0 amide bonds. The summed E-state index contributed by atoms with van der Waals surface area (Å²) in [5.41, 5.74) is -0.711. The van der Waals surface area contributed by atoms with Crippen LogP contribution in [0.4, 0.5) is 0 Å². The molecule has 1 atom stereocenters. The summed E-state index contributed by atoms with van der Waals surface area (Å²) in [6, 6.07) is 0. The molecule has 0 saturated carbocycles. The fourth-order valence-corrected chi connectivity index (χ4v) is 2.57. The lowest BCUT2D eigenvalue weighted by Crippen LogP contribution is -2.35. The molecule has 2 N–H and O–H groups in total. The van der Waals surface area contributed by atoms with Gasteiger partial charge in [0.15, 0.2) is 0 Å². The SMILES string of the molecule is CCCCC(CC)COCCCCCC(=O)OCC(CC)(CO)CO. The molecule has 0 aromatic carbocycles. The molecule has 0 rings (SSSR count). The van der Waals surface area contributed by atoms with E-state index in [9.17, 15) is 15.0 Å². The maximum Gasteiger partial charge on any atom is 0.305 e. The lowest BCUT2D eigenvalue weighted by molar-refractivity contribution is -0.149. The van der Waals surface area contributed by atoms with Gasteiger partial charge in [-0.05, 0) is 31.6 Å². The highest BCUT2D eigenvalue weighted by atomic mass is 16.5. The summed E-state index contributed by atoms with van der Waals surface area (Å²) in [7, 11) is 0. The Labute approximate surface area is 154 Å². The van der Waals surface area contributed by atoms with Crippen LogP contribution in [0.2, 0.25) is 0 Å². The number of hydrogen-bond donors (Lipinski definition) is 2. The van der Waals surface area contributed by atoms with Gasteiger partial charge in [0.2, 0.25) is 0 Å². The Morgan fingerprint density at radius 1 is 1.04 bits per heavy atom. The second-order valence-electron chi connectivity index (χ2n) is 7.13. The summed E-state index contributed by atoms with van der Waals surface area (Å²) in [5, 5.41) is 18.7. The molecule has 0 radical (unpaired) electrons. The van der Waals surface area contributed by atoms with Gasteiger partial charge in [0.1, 0.15) is 6.61 Å². The van der Waals surface area contributed by atoms with Crippen LogP contribution in [0.1, 0.15) is 78.6 Å². The third kappa shape index (κ3) is 11.6. The Morgan fingerprint density at radius 2 is 1.76 bits per heavy atom. The van der Waals surface area contributed by atoms with E-state index in [2.05, 4.69) is 13.8 Å². The number of ether oxygens (including phenoxy) is 2. The van der Waals surface area contributed by atoms with E-state index >= 15 is 0 Å². The largest absolute Gasteiger partial charge is 0.465 e. The quantitative estimate of drug-likeness (QED) is 0.305. The predicted octanol–water partition coefficient (Wildman–Crippen LogP) is 3.70. The number of carbonyl (C=O) groups excluding carboxylic acids is 1. The molecule has 0 aliphatic rings. The summed E-state index contributed by atoms with van der Waals surface area (Å²) in [5.74, 6) is 0.415. The summed E-state index contributed by atoms with van der Waals surface area (Å²) < 4.78 is 11.0. The first kappa shape index (κ1) is 24.4. The number of unbranched alkanes of at least 4 members (excludes halogenated alkanes) is 3. The molecule has 0 aromatic heterocycles. The van der Waals surface area contributed by atoms with Crippen LogP contribution in [-0.2, 0) is 14.3 Å². The molecule has 0 bridgehead atoms. The highest BCUT2D eigenvalue weighted by molar-refractivity contribution is 5.69. The Hall–Kier alpha value is -0.650. The first-order valence-corrected chi connectivity index (χ1v) is 10.0. The Morgan fingerprint density at radius 3 is 2.32 bits per heavy atom. The topological polar surface area (TPSA) is 76.0 Å². The minimum Gasteiger partial charge on any atom is -0.465 e.